The number of benzene rings is 4. The highest BCUT2D eigenvalue weighted by Gasteiger charge is 2.06. The van der Waals surface area contributed by atoms with Crippen molar-refractivity contribution in [2.45, 2.75) is 13.2 Å². The standard InChI is InChI=1S/C24H20ClNO/c25-21-12-14-22(15-13-21)26-16-19-7-2-4-11-24(19)27-17-20-9-5-8-18-6-1-3-10-23(18)20/h1-15,26H,16-17H2. The molecule has 134 valence electrons. The molecule has 0 heterocycles. The topological polar surface area (TPSA) is 21.3 Å². The summed E-state index contributed by atoms with van der Waals surface area (Å²) in [6.45, 7) is 1.23. The summed E-state index contributed by atoms with van der Waals surface area (Å²) in [5, 5.41) is 6.62. The molecule has 0 amide bonds. The van der Waals surface area contributed by atoms with E-state index in [1.54, 1.807) is 0 Å². The van der Waals surface area contributed by atoms with Gasteiger partial charge in [-0.3, -0.25) is 0 Å². The Bertz CT molecular complexity index is 1040. The fourth-order valence-electron chi connectivity index (χ4n) is 3.13. The molecule has 4 rings (SSSR count). The monoisotopic (exact) mass is 373 g/mol. The van der Waals surface area contributed by atoms with Crippen LogP contribution < -0.4 is 10.1 Å². The minimum Gasteiger partial charge on any atom is -0.489 e. The predicted octanol–water partition coefficient (Wildman–Crippen LogP) is 6.68. The molecule has 0 aliphatic rings. The zero-order chi connectivity index (χ0) is 18.5. The summed E-state index contributed by atoms with van der Waals surface area (Å²) >= 11 is 5.95. The third kappa shape index (κ3) is 4.24. The van der Waals surface area contributed by atoms with Crippen molar-refractivity contribution in [1.82, 2.24) is 0 Å². The Balaban J connectivity index is 1.48. The first kappa shape index (κ1) is 17.4. The van der Waals surface area contributed by atoms with Gasteiger partial charge in [0.15, 0.2) is 0 Å². The molecule has 4 aromatic carbocycles. The smallest absolute Gasteiger partial charge is 0.124 e. The van der Waals surface area contributed by atoms with Crippen LogP contribution in [0.3, 0.4) is 0 Å². The molecule has 0 spiro atoms. The van der Waals surface area contributed by atoms with Crippen LogP contribution in [0.2, 0.25) is 5.02 Å². The molecule has 0 saturated heterocycles. The van der Waals surface area contributed by atoms with E-state index >= 15 is 0 Å². The lowest BCUT2D eigenvalue weighted by molar-refractivity contribution is 0.304. The SMILES string of the molecule is Clc1ccc(NCc2ccccc2OCc2cccc3ccccc23)cc1. The van der Waals surface area contributed by atoms with E-state index in [1.165, 1.54) is 16.3 Å². The zero-order valence-corrected chi connectivity index (χ0v) is 15.6. The van der Waals surface area contributed by atoms with E-state index in [0.717, 1.165) is 22.0 Å². The maximum atomic E-state index is 6.18. The number of anilines is 1. The highest BCUT2D eigenvalue weighted by atomic mass is 35.5. The first-order valence-corrected chi connectivity index (χ1v) is 9.34. The van der Waals surface area contributed by atoms with E-state index in [-0.39, 0.29) is 0 Å². The minimum absolute atomic E-state index is 0.541. The molecule has 3 heteroatoms. The van der Waals surface area contributed by atoms with Crippen molar-refractivity contribution in [3.63, 3.8) is 0 Å². The Hall–Kier alpha value is -2.97. The van der Waals surface area contributed by atoms with Gasteiger partial charge in [0.1, 0.15) is 12.4 Å². The summed E-state index contributed by atoms with van der Waals surface area (Å²) in [5.41, 5.74) is 3.34. The molecule has 0 fully saturated rings. The van der Waals surface area contributed by atoms with Gasteiger partial charge in [-0.25, -0.2) is 0 Å². The maximum absolute atomic E-state index is 6.18. The summed E-state index contributed by atoms with van der Waals surface area (Å²) in [6.07, 6.45) is 0. The van der Waals surface area contributed by atoms with Crippen LogP contribution >= 0.6 is 11.6 Å². The zero-order valence-electron chi connectivity index (χ0n) is 14.9. The number of nitrogens with one attached hydrogen (secondary N) is 1. The Morgan fingerprint density at radius 3 is 2.30 bits per heavy atom. The average Bonchev–Trinajstić information content (AvgIpc) is 2.72. The van der Waals surface area contributed by atoms with Crippen molar-refractivity contribution in [3.05, 3.63) is 107 Å². The first-order valence-electron chi connectivity index (χ1n) is 8.96. The van der Waals surface area contributed by atoms with E-state index in [0.29, 0.717) is 13.2 Å². The van der Waals surface area contributed by atoms with E-state index in [4.69, 9.17) is 16.3 Å². The lowest BCUT2D eigenvalue weighted by atomic mass is 10.1. The Morgan fingerprint density at radius 1 is 0.704 bits per heavy atom. The molecule has 1 N–H and O–H groups in total. The molecular weight excluding hydrogens is 354 g/mol. The van der Waals surface area contributed by atoms with E-state index in [2.05, 4.69) is 53.8 Å². The van der Waals surface area contributed by atoms with Crippen LogP contribution in [0.4, 0.5) is 5.69 Å². The van der Waals surface area contributed by atoms with Crippen molar-refractivity contribution in [2.24, 2.45) is 0 Å². The van der Waals surface area contributed by atoms with E-state index in [9.17, 15) is 0 Å². The predicted molar refractivity (Wildman–Crippen MR) is 114 cm³/mol. The van der Waals surface area contributed by atoms with Crippen molar-refractivity contribution in [3.8, 4) is 5.75 Å². The molecular formula is C24H20ClNO. The molecule has 0 aliphatic heterocycles. The van der Waals surface area contributed by atoms with Crippen LogP contribution in [-0.2, 0) is 13.2 Å². The van der Waals surface area contributed by atoms with Gasteiger partial charge in [0.25, 0.3) is 0 Å². The fourth-order valence-corrected chi connectivity index (χ4v) is 3.26. The van der Waals surface area contributed by atoms with Crippen LogP contribution in [0.25, 0.3) is 10.8 Å². The van der Waals surface area contributed by atoms with Gasteiger partial charge in [-0.2, -0.15) is 0 Å². The molecule has 0 aromatic heterocycles. The van der Waals surface area contributed by atoms with Gasteiger partial charge in [-0.15, -0.1) is 0 Å². The number of hydrogen-bond acceptors (Lipinski definition) is 2. The number of hydrogen-bond donors (Lipinski definition) is 1. The number of halogens is 1. The minimum atomic E-state index is 0.541. The molecule has 0 atom stereocenters. The third-order valence-electron chi connectivity index (χ3n) is 4.56. The van der Waals surface area contributed by atoms with Gasteiger partial charge in [-0.05, 0) is 46.7 Å². The first-order chi connectivity index (χ1) is 13.3. The molecule has 27 heavy (non-hydrogen) atoms. The van der Waals surface area contributed by atoms with Crippen molar-refractivity contribution < 1.29 is 4.74 Å². The van der Waals surface area contributed by atoms with Gasteiger partial charge in [0, 0.05) is 22.8 Å². The largest absolute Gasteiger partial charge is 0.489 e. The summed E-state index contributed by atoms with van der Waals surface area (Å²) in [4.78, 5) is 0. The maximum Gasteiger partial charge on any atom is 0.124 e. The highest BCUT2D eigenvalue weighted by Crippen LogP contribution is 2.24. The second-order valence-electron chi connectivity index (χ2n) is 6.40. The molecule has 0 aliphatic carbocycles. The Kier molecular flexibility index (Phi) is 5.27. The third-order valence-corrected chi connectivity index (χ3v) is 4.81. The molecule has 0 unspecified atom stereocenters. The number of ether oxygens (including phenoxy) is 1. The van der Waals surface area contributed by atoms with Crippen molar-refractivity contribution in [2.75, 3.05) is 5.32 Å². The highest BCUT2D eigenvalue weighted by molar-refractivity contribution is 6.30. The number of rotatable bonds is 6. The Labute approximate surface area is 164 Å². The van der Waals surface area contributed by atoms with Crippen molar-refractivity contribution >= 4 is 28.1 Å². The second-order valence-corrected chi connectivity index (χ2v) is 6.83. The van der Waals surface area contributed by atoms with Gasteiger partial charge in [0.2, 0.25) is 0 Å². The van der Waals surface area contributed by atoms with Gasteiger partial charge in [0.05, 0.1) is 0 Å². The van der Waals surface area contributed by atoms with E-state index in [1.807, 2.05) is 42.5 Å². The number of para-hydroxylation sites is 1. The summed E-state index contributed by atoms with van der Waals surface area (Å²) in [6, 6.07) is 30.6. The van der Waals surface area contributed by atoms with Crippen LogP contribution in [-0.4, -0.2) is 0 Å². The van der Waals surface area contributed by atoms with E-state index < -0.39 is 0 Å². The molecule has 4 aromatic rings. The summed E-state index contributed by atoms with van der Waals surface area (Å²) < 4.78 is 6.18. The molecule has 0 saturated carbocycles. The summed E-state index contributed by atoms with van der Waals surface area (Å²) in [7, 11) is 0. The lowest BCUT2D eigenvalue weighted by Crippen LogP contribution is -2.04. The average molecular weight is 374 g/mol. The lowest BCUT2D eigenvalue weighted by Gasteiger charge is -2.14. The molecule has 0 radical (unpaired) electrons. The van der Waals surface area contributed by atoms with Gasteiger partial charge >= 0.3 is 0 Å². The van der Waals surface area contributed by atoms with Gasteiger partial charge in [-0.1, -0.05) is 72.3 Å². The Morgan fingerprint density at radius 2 is 1.41 bits per heavy atom. The molecule has 0 bridgehead atoms. The quantitative estimate of drug-likeness (QED) is 0.406. The normalized spacial score (nSPS) is 10.7. The van der Waals surface area contributed by atoms with Gasteiger partial charge < -0.3 is 10.1 Å². The van der Waals surface area contributed by atoms with Crippen LogP contribution in [0.5, 0.6) is 5.75 Å². The van der Waals surface area contributed by atoms with Crippen LogP contribution in [0, 0.1) is 0 Å². The summed E-state index contributed by atoms with van der Waals surface area (Å²) in [5.74, 6) is 0.895. The fraction of sp³-hybridized carbons (Fsp3) is 0.0833. The second kappa shape index (κ2) is 8.15. The van der Waals surface area contributed by atoms with Crippen LogP contribution in [0.15, 0.2) is 91.0 Å². The van der Waals surface area contributed by atoms with Crippen molar-refractivity contribution in [1.29, 1.82) is 0 Å². The number of fused-ring (bicyclic) bond motifs is 1. The van der Waals surface area contributed by atoms with Crippen LogP contribution in [0.1, 0.15) is 11.1 Å². The molecule has 2 nitrogen and oxygen atoms in total.